The second kappa shape index (κ2) is 59.7. The lowest BCUT2D eigenvalue weighted by Gasteiger charge is -2.18. The number of ether oxygens (including phenoxy) is 3. The summed E-state index contributed by atoms with van der Waals surface area (Å²) in [4.78, 5) is 38.3. The van der Waals surface area contributed by atoms with Crippen LogP contribution in [0.1, 0.15) is 361 Å². The maximum atomic E-state index is 12.9. The quantitative estimate of drug-likeness (QED) is 0.0261. The number of hydrogen-bond acceptors (Lipinski definition) is 6. The van der Waals surface area contributed by atoms with E-state index < -0.39 is 6.10 Å². The lowest BCUT2D eigenvalue weighted by molar-refractivity contribution is -0.167. The van der Waals surface area contributed by atoms with Crippen molar-refractivity contribution >= 4 is 17.9 Å². The number of unbranched alkanes of at least 4 members (excludes halogenated alkanes) is 46. The van der Waals surface area contributed by atoms with Gasteiger partial charge in [0.1, 0.15) is 13.2 Å². The third kappa shape index (κ3) is 57.1. The first kappa shape index (κ1) is 68.2. The van der Waals surface area contributed by atoms with E-state index in [-0.39, 0.29) is 31.1 Å². The third-order valence-electron chi connectivity index (χ3n) is 14.5. The minimum Gasteiger partial charge on any atom is -0.462 e. The second-order valence-electron chi connectivity index (χ2n) is 21.7. The van der Waals surface area contributed by atoms with E-state index >= 15 is 0 Å². The molecule has 0 radical (unpaired) electrons. The highest BCUT2D eigenvalue weighted by Crippen LogP contribution is 2.18. The van der Waals surface area contributed by atoms with Gasteiger partial charge in [-0.25, -0.2) is 0 Å². The smallest absolute Gasteiger partial charge is 0.306 e. The van der Waals surface area contributed by atoms with Gasteiger partial charge in [0.05, 0.1) is 0 Å². The van der Waals surface area contributed by atoms with Crippen molar-refractivity contribution in [2.75, 3.05) is 13.2 Å². The van der Waals surface area contributed by atoms with Gasteiger partial charge < -0.3 is 14.2 Å². The van der Waals surface area contributed by atoms with Gasteiger partial charge in [0.2, 0.25) is 0 Å². The van der Waals surface area contributed by atoms with Crippen LogP contribution in [0.15, 0.2) is 12.2 Å². The number of carbonyl (C=O) groups is 3. The Balaban J connectivity index is 4.29. The van der Waals surface area contributed by atoms with Crippen molar-refractivity contribution in [2.24, 2.45) is 0 Å². The first-order chi connectivity index (χ1) is 34.5. The molecule has 0 aromatic rings. The summed E-state index contributed by atoms with van der Waals surface area (Å²) in [5.74, 6) is -0.844. The molecular weight excluding hydrogens is 865 g/mol. The number of carbonyl (C=O) groups excluding carboxylic acids is 3. The van der Waals surface area contributed by atoms with Gasteiger partial charge in [-0.05, 0) is 44.9 Å². The Labute approximate surface area is 437 Å². The van der Waals surface area contributed by atoms with Gasteiger partial charge in [-0.2, -0.15) is 0 Å². The SMILES string of the molecule is CCCCCCCC/C=C\CCCCCCCC(=O)OCC(COC(=O)CCCCCCCCCCCCCCCCCCCCCC)OC(=O)CCCCCCCCCCCCCCCCCCC. The molecule has 0 aromatic heterocycles. The van der Waals surface area contributed by atoms with Gasteiger partial charge in [-0.1, -0.05) is 309 Å². The minimum atomic E-state index is -0.768. The lowest BCUT2D eigenvalue weighted by Crippen LogP contribution is -2.30. The van der Waals surface area contributed by atoms with Crippen molar-refractivity contribution in [3.8, 4) is 0 Å². The highest BCUT2D eigenvalue weighted by Gasteiger charge is 2.19. The molecule has 0 amide bonds. The molecule has 0 rings (SSSR count). The van der Waals surface area contributed by atoms with Crippen molar-refractivity contribution in [3.63, 3.8) is 0 Å². The average Bonchev–Trinajstić information content (AvgIpc) is 3.36. The number of esters is 3. The highest BCUT2D eigenvalue weighted by atomic mass is 16.6. The van der Waals surface area contributed by atoms with Crippen LogP contribution in [0, 0.1) is 0 Å². The Morgan fingerprint density at radius 3 is 0.714 bits per heavy atom. The fourth-order valence-electron chi connectivity index (χ4n) is 9.74. The van der Waals surface area contributed by atoms with Crippen molar-refractivity contribution in [1.82, 2.24) is 0 Å². The van der Waals surface area contributed by atoms with Crippen LogP contribution >= 0.6 is 0 Å². The lowest BCUT2D eigenvalue weighted by atomic mass is 10.0. The first-order valence-electron chi connectivity index (χ1n) is 31.7. The van der Waals surface area contributed by atoms with Crippen LogP contribution in [-0.2, 0) is 28.6 Å². The van der Waals surface area contributed by atoms with Crippen molar-refractivity contribution in [3.05, 3.63) is 12.2 Å². The number of rotatable bonds is 59. The third-order valence-corrected chi connectivity index (χ3v) is 14.5. The molecule has 6 heteroatoms. The molecule has 0 aliphatic rings. The topological polar surface area (TPSA) is 78.9 Å². The van der Waals surface area contributed by atoms with Crippen LogP contribution < -0.4 is 0 Å². The zero-order valence-electron chi connectivity index (χ0n) is 47.6. The molecule has 0 bridgehead atoms. The molecule has 0 aliphatic heterocycles. The maximum Gasteiger partial charge on any atom is 0.306 e. The van der Waals surface area contributed by atoms with Gasteiger partial charge in [0, 0.05) is 19.3 Å². The van der Waals surface area contributed by atoms with E-state index in [9.17, 15) is 14.4 Å². The number of allylic oxidation sites excluding steroid dienone is 2. The van der Waals surface area contributed by atoms with Crippen LogP contribution in [0.5, 0.6) is 0 Å². The first-order valence-corrected chi connectivity index (χ1v) is 31.7. The van der Waals surface area contributed by atoms with Crippen LogP contribution in [0.4, 0.5) is 0 Å². The summed E-state index contributed by atoms with van der Waals surface area (Å²) >= 11 is 0. The Kier molecular flexibility index (Phi) is 58.1. The average molecular weight is 988 g/mol. The van der Waals surface area contributed by atoms with Crippen LogP contribution in [-0.4, -0.2) is 37.2 Å². The predicted octanol–water partition coefficient (Wildman–Crippen LogP) is 21.3. The molecule has 0 saturated carbocycles. The summed E-state index contributed by atoms with van der Waals surface area (Å²) in [6.45, 7) is 6.70. The van der Waals surface area contributed by atoms with Gasteiger partial charge in [0.15, 0.2) is 6.10 Å². The van der Waals surface area contributed by atoms with Crippen LogP contribution in [0.25, 0.3) is 0 Å². The minimum absolute atomic E-state index is 0.0660. The van der Waals surface area contributed by atoms with Gasteiger partial charge in [0.25, 0.3) is 0 Å². The number of hydrogen-bond donors (Lipinski definition) is 0. The van der Waals surface area contributed by atoms with E-state index in [1.165, 1.54) is 257 Å². The molecule has 0 spiro atoms. The van der Waals surface area contributed by atoms with E-state index in [0.717, 1.165) is 64.2 Å². The van der Waals surface area contributed by atoms with E-state index in [2.05, 4.69) is 32.9 Å². The predicted molar refractivity (Wildman–Crippen MR) is 303 cm³/mol. The van der Waals surface area contributed by atoms with Gasteiger partial charge in [-0.15, -0.1) is 0 Å². The highest BCUT2D eigenvalue weighted by molar-refractivity contribution is 5.71. The summed E-state index contributed by atoms with van der Waals surface area (Å²) in [6.07, 6.45) is 69.3. The van der Waals surface area contributed by atoms with Gasteiger partial charge >= 0.3 is 17.9 Å². The van der Waals surface area contributed by atoms with E-state index in [0.29, 0.717) is 19.3 Å². The Morgan fingerprint density at radius 2 is 0.471 bits per heavy atom. The molecular formula is C64H122O6. The van der Waals surface area contributed by atoms with Crippen molar-refractivity contribution < 1.29 is 28.6 Å². The summed E-state index contributed by atoms with van der Waals surface area (Å²) in [5, 5.41) is 0. The van der Waals surface area contributed by atoms with Crippen LogP contribution in [0.2, 0.25) is 0 Å². The van der Waals surface area contributed by atoms with E-state index in [1.54, 1.807) is 0 Å². The molecule has 0 aliphatic carbocycles. The molecule has 70 heavy (non-hydrogen) atoms. The maximum absolute atomic E-state index is 12.9. The zero-order chi connectivity index (χ0) is 50.7. The molecule has 6 nitrogen and oxygen atoms in total. The van der Waals surface area contributed by atoms with E-state index in [1.807, 2.05) is 0 Å². The summed E-state index contributed by atoms with van der Waals surface area (Å²) < 4.78 is 16.9. The van der Waals surface area contributed by atoms with Crippen LogP contribution in [0.3, 0.4) is 0 Å². The largest absolute Gasteiger partial charge is 0.462 e. The summed E-state index contributed by atoms with van der Waals surface area (Å²) in [7, 11) is 0. The molecule has 1 atom stereocenters. The normalized spacial score (nSPS) is 12.0. The van der Waals surface area contributed by atoms with Gasteiger partial charge in [-0.3, -0.25) is 14.4 Å². The molecule has 0 saturated heterocycles. The monoisotopic (exact) mass is 987 g/mol. The Morgan fingerprint density at radius 1 is 0.271 bits per heavy atom. The standard InChI is InChI=1S/C64H122O6/c1-4-7-10-13-16-19-22-25-28-30-31-32-34-36-39-42-45-48-51-54-57-63(66)69-60-61(59-68-62(65)56-53-50-47-44-41-38-35-27-24-21-18-15-12-9-6-3)70-64(67)58-55-52-49-46-43-40-37-33-29-26-23-20-17-14-11-8-5-2/h27,35,61H,4-26,28-34,36-60H2,1-3H3/b35-27-. The van der Waals surface area contributed by atoms with E-state index in [4.69, 9.17) is 14.2 Å². The molecule has 0 aromatic carbocycles. The Hall–Kier alpha value is -1.85. The molecule has 1 unspecified atom stereocenters. The van der Waals surface area contributed by atoms with Crippen molar-refractivity contribution in [1.29, 1.82) is 0 Å². The molecule has 0 heterocycles. The summed E-state index contributed by atoms with van der Waals surface area (Å²) in [6, 6.07) is 0. The molecule has 0 fully saturated rings. The molecule has 0 N–H and O–H groups in total. The fraction of sp³-hybridized carbons (Fsp3) is 0.922. The molecule has 414 valence electrons. The second-order valence-corrected chi connectivity index (χ2v) is 21.7. The fourth-order valence-corrected chi connectivity index (χ4v) is 9.74. The Bertz CT molecular complexity index is 1090. The summed E-state index contributed by atoms with van der Waals surface area (Å²) in [5.41, 5.74) is 0. The zero-order valence-corrected chi connectivity index (χ0v) is 47.6. The van der Waals surface area contributed by atoms with Crippen molar-refractivity contribution in [2.45, 2.75) is 367 Å².